The Bertz CT molecular complexity index is 638. The monoisotopic (exact) mass is 300 g/mol. The summed E-state index contributed by atoms with van der Waals surface area (Å²) in [6.45, 7) is 1.83. The van der Waals surface area contributed by atoms with Gasteiger partial charge < -0.3 is 14.8 Å². The maximum absolute atomic E-state index is 12.2. The third-order valence-electron chi connectivity index (χ3n) is 4.13. The van der Waals surface area contributed by atoms with Crippen LogP contribution < -0.4 is 5.32 Å². The van der Waals surface area contributed by atoms with E-state index < -0.39 is 6.10 Å². The SMILES string of the molecule is CC(NC(=O)C1CCCC1O)c1ncc(-c2ccccc2)o1. The molecule has 1 saturated carbocycles. The van der Waals surface area contributed by atoms with Gasteiger partial charge in [0.2, 0.25) is 11.8 Å². The van der Waals surface area contributed by atoms with Crippen molar-refractivity contribution in [2.24, 2.45) is 5.92 Å². The lowest BCUT2D eigenvalue weighted by molar-refractivity contribution is -0.128. The number of carbonyl (C=O) groups is 1. The molecule has 2 aromatic rings. The van der Waals surface area contributed by atoms with Gasteiger partial charge in [-0.05, 0) is 26.2 Å². The average molecular weight is 300 g/mol. The summed E-state index contributed by atoms with van der Waals surface area (Å²) in [5, 5.41) is 12.7. The normalized spacial score (nSPS) is 22.5. The molecule has 1 amide bonds. The van der Waals surface area contributed by atoms with Crippen molar-refractivity contribution in [3.05, 3.63) is 42.4 Å². The van der Waals surface area contributed by atoms with Gasteiger partial charge in [-0.15, -0.1) is 0 Å². The van der Waals surface area contributed by atoms with Crippen LogP contribution in [0.5, 0.6) is 0 Å². The van der Waals surface area contributed by atoms with Crippen molar-refractivity contribution in [2.45, 2.75) is 38.3 Å². The minimum Gasteiger partial charge on any atom is -0.438 e. The van der Waals surface area contributed by atoms with E-state index in [1.165, 1.54) is 0 Å². The molecule has 0 bridgehead atoms. The van der Waals surface area contributed by atoms with Gasteiger partial charge in [0.15, 0.2) is 5.76 Å². The smallest absolute Gasteiger partial charge is 0.226 e. The summed E-state index contributed by atoms with van der Waals surface area (Å²) in [5.41, 5.74) is 0.950. The molecule has 3 unspecified atom stereocenters. The Morgan fingerprint density at radius 3 is 2.82 bits per heavy atom. The van der Waals surface area contributed by atoms with E-state index in [4.69, 9.17) is 4.42 Å². The maximum atomic E-state index is 12.2. The van der Waals surface area contributed by atoms with Gasteiger partial charge in [-0.2, -0.15) is 0 Å². The average Bonchev–Trinajstić information content (AvgIpc) is 3.17. The van der Waals surface area contributed by atoms with Crippen molar-refractivity contribution < 1.29 is 14.3 Å². The summed E-state index contributed by atoms with van der Waals surface area (Å²) >= 11 is 0. The first-order valence-corrected chi connectivity index (χ1v) is 7.64. The molecule has 22 heavy (non-hydrogen) atoms. The highest BCUT2D eigenvalue weighted by molar-refractivity contribution is 5.79. The molecule has 5 nitrogen and oxygen atoms in total. The van der Waals surface area contributed by atoms with Gasteiger partial charge in [-0.3, -0.25) is 4.79 Å². The number of amides is 1. The van der Waals surface area contributed by atoms with Crippen molar-refractivity contribution in [1.29, 1.82) is 0 Å². The first-order chi connectivity index (χ1) is 10.6. The summed E-state index contributed by atoms with van der Waals surface area (Å²) in [5.74, 6) is 0.709. The molecule has 1 fully saturated rings. The van der Waals surface area contributed by atoms with E-state index in [0.29, 0.717) is 18.1 Å². The van der Waals surface area contributed by atoms with E-state index in [1.807, 2.05) is 37.3 Å². The van der Waals surface area contributed by atoms with E-state index in [0.717, 1.165) is 18.4 Å². The van der Waals surface area contributed by atoms with Gasteiger partial charge in [0, 0.05) is 5.56 Å². The fraction of sp³-hybridized carbons (Fsp3) is 0.412. The highest BCUT2D eigenvalue weighted by atomic mass is 16.4. The van der Waals surface area contributed by atoms with Crippen molar-refractivity contribution in [3.8, 4) is 11.3 Å². The van der Waals surface area contributed by atoms with E-state index in [-0.39, 0.29) is 17.9 Å². The maximum Gasteiger partial charge on any atom is 0.226 e. The Balaban J connectivity index is 1.67. The van der Waals surface area contributed by atoms with Crippen molar-refractivity contribution in [3.63, 3.8) is 0 Å². The van der Waals surface area contributed by atoms with Gasteiger partial charge in [-0.1, -0.05) is 30.3 Å². The zero-order valence-corrected chi connectivity index (χ0v) is 12.5. The number of nitrogens with zero attached hydrogens (tertiary/aromatic N) is 1. The van der Waals surface area contributed by atoms with Crippen LogP contribution in [-0.2, 0) is 4.79 Å². The van der Waals surface area contributed by atoms with Crippen molar-refractivity contribution >= 4 is 5.91 Å². The first-order valence-electron chi connectivity index (χ1n) is 7.64. The molecule has 1 aliphatic rings. The van der Waals surface area contributed by atoms with Crippen LogP contribution in [0.1, 0.15) is 38.1 Å². The van der Waals surface area contributed by atoms with E-state index in [2.05, 4.69) is 10.3 Å². The molecule has 1 aromatic heterocycles. The third kappa shape index (κ3) is 3.04. The minimum atomic E-state index is -0.531. The Kier molecular flexibility index (Phi) is 4.24. The van der Waals surface area contributed by atoms with Crippen LogP contribution in [0, 0.1) is 5.92 Å². The molecule has 1 aliphatic carbocycles. The number of rotatable bonds is 4. The number of aliphatic hydroxyl groups is 1. The molecule has 2 N–H and O–H groups in total. The minimum absolute atomic E-state index is 0.128. The molecule has 0 radical (unpaired) electrons. The lowest BCUT2D eigenvalue weighted by atomic mass is 10.0. The quantitative estimate of drug-likeness (QED) is 0.910. The topological polar surface area (TPSA) is 75.4 Å². The largest absolute Gasteiger partial charge is 0.438 e. The summed E-state index contributed by atoms with van der Waals surface area (Å²) in [6, 6.07) is 9.38. The standard InChI is InChI=1S/C17H20N2O3/c1-11(19-16(21)13-8-5-9-14(13)20)17-18-10-15(22-17)12-6-3-2-4-7-12/h2-4,6-7,10-11,13-14,20H,5,8-9H2,1H3,(H,19,21). The van der Waals surface area contributed by atoms with Gasteiger partial charge in [0.1, 0.15) is 6.04 Å². The number of aliphatic hydroxyl groups excluding tert-OH is 1. The second-order valence-electron chi connectivity index (χ2n) is 5.76. The highest BCUT2D eigenvalue weighted by Crippen LogP contribution is 2.27. The van der Waals surface area contributed by atoms with Crippen LogP contribution in [0.3, 0.4) is 0 Å². The van der Waals surface area contributed by atoms with Crippen LogP contribution in [0.15, 0.2) is 40.9 Å². The molecule has 0 spiro atoms. The number of benzene rings is 1. The van der Waals surface area contributed by atoms with Gasteiger partial charge in [-0.25, -0.2) is 4.98 Å². The molecule has 3 rings (SSSR count). The molecule has 116 valence electrons. The van der Waals surface area contributed by atoms with E-state index in [1.54, 1.807) is 6.20 Å². The lowest BCUT2D eigenvalue weighted by Gasteiger charge is -2.17. The number of hydrogen-bond donors (Lipinski definition) is 2. The number of hydrogen-bond acceptors (Lipinski definition) is 4. The van der Waals surface area contributed by atoms with Crippen molar-refractivity contribution in [1.82, 2.24) is 10.3 Å². The Hall–Kier alpha value is -2.14. The second kappa shape index (κ2) is 6.32. The Morgan fingerprint density at radius 1 is 1.36 bits per heavy atom. The second-order valence-corrected chi connectivity index (χ2v) is 5.76. The molecule has 1 aromatic carbocycles. The first kappa shape index (κ1) is 14.8. The predicted molar refractivity (Wildman–Crippen MR) is 81.8 cm³/mol. The van der Waals surface area contributed by atoms with Crippen LogP contribution in [-0.4, -0.2) is 22.1 Å². The third-order valence-corrected chi connectivity index (χ3v) is 4.13. The highest BCUT2D eigenvalue weighted by Gasteiger charge is 2.32. The lowest BCUT2D eigenvalue weighted by Crippen LogP contribution is -2.36. The van der Waals surface area contributed by atoms with Crippen LogP contribution >= 0.6 is 0 Å². The number of oxazole rings is 1. The van der Waals surface area contributed by atoms with E-state index in [9.17, 15) is 9.90 Å². The van der Waals surface area contributed by atoms with Gasteiger partial charge in [0.05, 0.1) is 18.2 Å². The van der Waals surface area contributed by atoms with Gasteiger partial charge >= 0.3 is 0 Å². The summed E-state index contributed by atoms with van der Waals surface area (Å²) in [6.07, 6.45) is 3.46. The Labute approximate surface area is 129 Å². The molecular formula is C17H20N2O3. The van der Waals surface area contributed by atoms with Crippen LogP contribution in [0.2, 0.25) is 0 Å². The van der Waals surface area contributed by atoms with Crippen LogP contribution in [0.4, 0.5) is 0 Å². The molecule has 0 saturated heterocycles. The number of carbonyl (C=O) groups excluding carboxylic acids is 1. The zero-order chi connectivity index (χ0) is 15.5. The summed E-state index contributed by atoms with van der Waals surface area (Å²) in [7, 11) is 0. The summed E-state index contributed by atoms with van der Waals surface area (Å²) < 4.78 is 5.73. The molecule has 0 aliphatic heterocycles. The predicted octanol–water partition coefficient (Wildman–Crippen LogP) is 2.68. The van der Waals surface area contributed by atoms with E-state index >= 15 is 0 Å². The molecular weight excluding hydrogens is 280 g/mol. The number of aromatic nitrogens is 1. The Morgan fingerprint density at radius 2 is 2.14 bits per heavy atom. The zero-order valence-electron chi connectivity index (χ0n) is 12.5. The van der Waals surface area contributed by atoms with Gasteiger partial charge in [0.25, 0.3) is 0 Å². The summed E-state index contributed by atoms with van der Waals surface area (Å²) in [4.78, 5) is 16.4. The fourth-order valence-corrected chi connectivity index (χ4v) is 2.85. The van der Waals surface area contributed by atoms with Crippen molar-refractivity contribution in [2.75, 3.05) is 0 Å². The fourth-order valence-electron chi connectivity index (χ4n) is 2.85. The molecule has 5 heteroatoms. The van der Waals surface area contributed by atoms with Crippen LogP contribution in [0.25, 0.3) is 11.3 Å². The number of nitrogens with one attached hydrogen (secondary N) is 1. The molecule has 3 atom stereocenters. The molecule has 1 heterocycles.